The minimum Gasteiger partial charge on any atom is -0.383 e. The summed E-state index contributed by atoms with van der Waals surface area (Å²) in [5.41, 5.74) is 0.944. The molecule has 0 saturated heterocycles. The van der Waals surface area contributed by atoms with Crippen molar-refractivity contribution in [2.24, 2.45) is 0 Å². The molecule has 0 unspecified atom stereocenters. The van der Waals surface area contributed by atoms with Crippen LogP contribution < -0.4 is 4.90 Å². The summed E-state index contributed by atoms with van der Waals surface area (Å²) in [4.78, 5) is 6.47. The van der Waals surface area contributed by atoms with E-state index in [0.29, 0.717) is 12.5 Å². The number of halogens is 1. The van der Waals surface area contributed by atoms with Gasteiger partial charge >= 0.3 is 0 Å². The van der Waals surface area contributed by atoms with Crippen molar-refractivity contribution in [2.45, 2.75) is 0 Å². The number of hydrogen-bond donors (Lipinski definition) is 0. The van der Waals surface area contributed by atoms with Gasteiger partial charge in [-0.15, -0.1) is 11.6 Å². The predicted molar refractivity (Wildman–Crippen MR) is 70.0 cm³/mol. The number of nitrogens with zero attached hydrogens (tertiary/aromatic N) is 3. The average molecular weight is 254 g/mol. The van der Waals surface area contributed by atoms with Gasteiger partial charge in [0.05, 0.1) is 6.61 Å². The summed E-state index contributed by atoms with van der Waals surface area (Å²) < 4.78 is 7.18. The number of methoxy groups -OCH3 is 1. The summed E-state index contributed by atoms with van der Waals surface area (Å²) in [6, 6.07) is 6.06. The Kier molecular flexibility index (Phi) is 4.23. The molecule has 5 heteroatoms. The van der Waals surface area contributed by atoms with Gasteiger partial charge in [0, 0.05) is 38.5 Å². The Morgan fingerprint density at radius 3 is 3.06 bits per heavy atom. The van der Waals surface area contributed by atoms with Crippen LogP contribution in [0.3, 0.4) is 0 Å². The van der Waals surface area contributed by atoms with Crippen molar-refractivity contribution in [2.75, 3.05) is 37.6 Å². The second-order valence-corrected chi connectivity index (χ2v) is 4.09. The predicted octanol–water partition coefficient (Wildman–Crippen LogP) is 2.03. The number of fused-ring (bicyclic) bond motifs is 1. The van der Waals surface area contributed by atoms with Crippen molar-refractivity contribution in [1.82, 2.24) is 9.38 Å². The van der Waals surface area contributed by atoms with Crippen molar-refractivity contribution >= 4 is 23.1 Å². The van der Waals surface area contributed by atoms with Crippen LogP contribution in [0.2, 0.25) is 0 Å². The molecule has 0 amide bonds. The van der Waals surface area contributed by atoms with Crippen LogP contribution in [0.15, 0.2) is 30.6 Å². The second-order valence-electron chi connectivity index (χ2n) is 3.71. The first-order valence-electron chi connectivity index (χ1n) is 5.58. The van der Waals surface area contributed by atoms with Gasteiger partial charge in [-0.3, -0.25) is 4.40 Å². The lowest BCUT2D eigenvalue weighted by Crippen LogP contribution is -2.30. The zero-order chi connectivity index (χ0) is 12.1. The van der Waals surface area contributed by atoms with Gasteiger partial charge in [-0.05, 0) is 12.1 Å². The smallest absolute Gasteiger partial charge is 0.138 e. The lowest BCUT2D eigenvalue weighted by molar-refractivity contribution is 0.205. The summed E-state index contributed by atoms with van der Waals surface area (Å²) in [5.74, 6) is 1.69. The number of hydrogen-bond acceptors (Lipinski definition) is 3. The average Bonchev–Trinajstić information content (AvgIpc) is 2.82. The lowest BCUT2D eigenvalue weighted by Gasteiger charge is -2.24. The quantitative estimate of drug-likeness (QED) is 0.738. The Hall–Kier alpha value is -1.26. The first-order valence-corrected chi connectivity index (χ1v) is 6.12. The van der Waals surface area contributed by atoms with E-state index in [0.717, 1.165) is 24.6 Å². The molecule has 0 aliphatic rings. The number of rotatable bonds is 6. The van der Waals surface area contributed by atoms with Crippen molar-refractivity contribution < 1.29 is 4.74 Å². The van der Waals surface area contributed by atoms with Gasteiger partial charge in [0.15, 0.2) is 0 Å². The van der Waals surface area contributed by atoms with Gasteiger partial charge < -0.3 is 9.64 Å². The molecule has 0 saturated carbocycles. The molecule has 0 radical (unpaired) electrons. The third-order valence-corrected chi connectivity index (χ3v) is 2.82. The Labute approximate surface area is 106 Å². The number of ether oxygens (including phenoxy) is 1. The summed E-state index contributed by atoms with van der Waals surface area (Å²) >= 11 is 5.84. The molecule has 4 nitrogen and oxygen atoms in total. The maximum Gasteiger partial charge on any atom is 0.138 e. The molecular weight excluding hydrogens is 238 g/mol. The third kappa shape index (κ3) is 2.70. The number of aromatic nitrogens is 2. The van der Waals surface area contributed by atoms with Crippen molar-refractivity contribution in [3.8, 4) is 0 Å². The van der Waals surface area contributed by atoms with Crippen molar-refractivity contribution in [3.63, 3.8) is 0 Å². The topological polar surface area (TPSA) is 29.8 Å². The van der Waals surface area contributed by atoms with Crippen LogP contribution in [0.5, 0.6) is 0 Å². The normalized spacial score (nSPS) is 10.9. The summed E-state index contributed by atoms with van der Waals surface area (Å²) in [7, 11) is 1.71. The minimum atomic E-state index is 0.592. The van der Waals surface area contributed by atoms with Gasteiger partial charge in [0.25, 0.3) is 0 Å². The molecule has 0 fully saturated rings. The number of alkyl halides is 1. The molecule has 0 bridgehead atoms. The van der Waals surface area contributed by atoms with Gasteiger partial charge in [-0.2, -0.15) is 0 Å². The second kappa shape index (κ2) is 5.89. The van der Waals surface area contributed by atoms with Gasteiger partial charge in [-0.25, -0.2) is 4.98 Å². The minimum absolute atomic E-state index is 0.592. The Morgan fingerprint density at radius 2 is 2.29 bits per heavy atom. The molecule has 0 atom stereocenters. The first-order chi connectivity index (χ1) is 8.36. The molecule has 2 aromatic rings. The van der Waals surface area contributed by atoms with E-state index in [2.05, 4.69) is 20.4 Å². The van der Waals surface area contributed by atoms with E-state index < -0.39 is 0 Å². The van der Waals surface area contributed by atoms with E-state index in [9.17, 15) is 0 Å². The summed E-state index contributed by atoms with van der Waals surface area (Å²) in [5, 5.41) is 0. The maximum absolute atomic E-state index is 5.84. The maximum atomic E-state index is 5.84. The summed E-state index contributed by atoms with van der Waals surface area (Å²) in [6.07, 6.45) is 3.76. The Balaban J connectivity index is 2.30. The van der Waals surface area contributed by atoms with E-state index in [1.165, 1.54) is 0 Å². The van der Waals surface area contributed by atoms with E-state index in [1.54, 1.807) is 13.3 Å². The molecule has 0 aromatic carbocycles. The van der Waals surface area contributed by atoms with Crippen LogP contribution in [0, 0.1) is 0 Å². The molecule has 2 aromatic heterocycles. The highest BCUT2D eigenvalue weighted by Crippen LogP contribution is 2.16. The molecule has 2 heterocycles. The van der Waals surface area contributed by atoms with Crippen LogP contribution in [0.4, 0.5) is 5.82 Å². The number of anilines is 1. The van der Waals surface area contributed by atoms with Gasteiger partial charge in [0.1, 0.15) is 11.5 Å². The molecule has 2 rings (SSSR count). The lowest BCUT2D eigenvalue weighted by atomic mass is 10.4. The number of pyridine rings is 1. The molecule has 17 heavy (non-hydrogen) atoms. The molecule has 0 aliphatic carbocycles. The Morgan fingerprint density at radius 1 is 1.41 bits per heavy atom. The highest BCUT2D eigenvalue weighted by Gasteiger charge is 2.09. The fourth-order valence-corrected chi connectivity index (χ4v) is 2.04. The molecule has 92 valence electrons. The Bertz CT molecular complexity index is 471. The zero-order valence-electron chi connectivity index (χ0n) is 9.84. The largest absolute Gasteiger partial charge is 0.383 e. The van der Waals surface area contributed by atoms with Crippen LogP contribution in [0.25, 0.3) is 5.65 Å². The van der Waals surface area contributed by atoms with Crippen LogP contribution in [0.1, 0.15) is 0 Å². The molecule has 0 aliphatic heterocycles. The molecular formula is C12H16ClN3O. The fourth-order valence-electron chi connectivity index (χ4n) is 1.83. The van der Waals surface area contributed by atoms with Crippen LogP contribution >= 0.6 is 11.6 Å². The monoisotopic (exact) mass is 253 g/mol. The van der Waals surface area contributed by atoms with E-state index in [4.69, 9.17) is 16.3 Å². The van der Waals surface area contributed by atoms with E-state index in [1.807, 2.05) is 18.3 Å². The first kappa shape index (κ1) is 12.2. The standard InChI is InChI=1S/C12H16ClN3O/c1-17-10-9-15(7-5-13)12-4-2-3-11-14-6-8-16(11)12/h2-4,6,8H,5,7,9-10H2,1H3. The van der Waals surface area contributed by atoms with Crippen molar-refractivity contribution in [3.05, 3.63) is 30.6 Å². The van der Waals surface area contributed by atoms with Crippen molar-refractivity contribution in [1.29, 1.82) is 0 Å². The fraction of sp³-hybridized carbons (Fsp3) is 0.417. The number of imidazole rings is 1. The van der Waals surface area contributed by atoms with Gasteiger partial charge in [0.2, 0.25) is 0 Å². The molecule has 0 spiro atoms. The zero-order valence-corrected chi connectivity index (χ0v) is 10.6. The molecule has 0 N–H and O–H groups in total. The SMILES string of the molecule is COCCN(CCCl)c1cccc2nccn12. The van der Waals surface area contributed by atoms with E-state index in [-0.39, 0.29) is 0 Å². The third-order valence-electron chi connectivity index (χ3n) is 2.65. The van der Waals surface area contributed by atoms with Gasteiger partial charge in [-0.1, -0.05) is 6.07 Å². The highest BCUT2D eigenvalue weighted by atomic mass is 35.5. The summed E-state index contributed by atoms with van der Waals surface area (Å²) in [6.45, 7) is 2.30. The van der Waals surface area contributed by atoms with E-state index >= 15 is 0 Å². The van der Waals surface area contributed by atoms with Crippen LogP contribution in [-0.4, -0.2) is 42.1 Å². The highest BCUT2D eigenvalue weighted by molar-refractivity contribution is 6.18. The van der Waals surface area contributed by atoms with Crippen LogP contribution in [-0.2, 0) is 4.74 Å².